The van der Waals surface area contributed by atoms with Crippen molar-refractivity contribution in [3.8, 4) is 0 Å². The van der Waals surface area contributed by atoms with Gasteiger partial charge in [0.2, 0.25) is 5.28 Å². The molecular weight excluding hydrogens is 623 g/mol. The molecule has 228 valence electrons. The third-order valence-corrected chi connectivity index (χ3v) is 7.69. The minimum Gasteiger partial charge on any atom is -0.459 e. The van der Waals surface area contributed by atoms with Crippen molar-refractivity contribution in [1.29, 1.82) is 0 Å². The van der Waals surface area contributed by atoms with Gasteiger partial charge in [0, 0.05) is 0 Å². The normalized spacial score (nSPS) is 20.9. The van der Waals surface area contributed by atoms with Crippen LogP contribution in [0.2, 0.25) is 10.4 Å². The van der Waals surface area contributed by atoms with E-state index in [-0.39, 0.29) is 39.3 Å². The molecule has 0 bridgehead atoms. The molecule has 11 nitrogen and oxygen atoms in total. The fourth-order valence-electron chi connectivity index (χ4n) is 5.09. The molecule has 1 fully saturated rings. The van der Waals surface area contributed by atoms with E-state index in [4.69, 9.17) is 42.1 Å². The molecule has 3 heterocycles. The van der Waals surface area contributed by atoms with E-state index in [0.29, 0.717) is 5.56 Å². The molecule has 13 heteroatoms. The number of halogens is 2. The zero-order valence-corrected chi connectivity index (χ0v) is 25.1. The van der Waals surface area contributed by atoms with Gasteiger partial charge in [-0.2, -0.15) is 4.98 Å². The molecule has 6 rings (SSSR count). The van der Waals surface area contributed by atoms with Crippen molar-refractivity contribution in [3.63, 3.8) is 0 Å². The van der Waals surface area contributed by atoms with E-state index in [1.54, 1.807) is 97.9 Å². The molecular formula is C32H24Cl2N4O7. The van der Waals surface area contributed by atoms with Gasteiger partial charge >= 0.3 is 17.9 Å². The van der Waals surface area contributed by atoms with Crippen molar-refractivity contribution in [2.75, 3.05) is 6.61 Å². The average Bonchev–Trinajstić information content (AvgIpc) is 3.59. The number of rotatable bonds is 8. The molecule has 1 aliphatic rings. The standard InChI is InChI=1S/C32H24Cl2N4O7/c1-32(45-29(41)21-15-9-4-10-16-21)24(44-28(40)20-13-7-3-8-14-20)22(17-42-27(39)19-11-5-2-6-12-19)43-30(32)38-18-35-23-25(33)36-31(34)37-26(23)38/h2-16,18,22,24,30H,17H2,1H3/t22?,24?,30?,32-/m1/s1. The molecule has 5 aromatic rings. The topological polar surface area (TPSA) is 132 Å². The smallest absolute Gasteiger partial charge is 0.338 e. The van der Waals surface area contributed by atoms with Gasteiger partial charge in [0.05, 0.1) is 23.0 Å². The van der Waals surface area contributed by atoms with E-state index in [1.165, 1.54) is 10.9 Å². The summed E-state index contributed by atoms with van der Waals surface area (Å²) in [5.74, 6) is -2.06. The number of fused-ring (bicyclic) bond motifs is 1. The minimum atomic E-state index is -1.74. The lowest BCUT2D eigenvalue weighted by Crippen LogP contribution is -2.50. The van der Waals surface area contributed by atoms with E-state index in [1.807, 2.05) is 0 Å². The maximum atomic E-state index is 13.6. The van der Waals surface area contributed by atoms with Gasteiger partial charge in [-0.25, -0.2) is 24.4 Å². The summed E-state index contributed by atoms with van der Waals surface area (Å²) in [5.41, 5.74) is -0.561. The second-order valence-electron chi connectivity index (χ2n) is 10.2. The summed E-state index contributed by atoms with van der Waals surface area (Å²) in [6, 6.07) is 24.9. The number of nitrogens with zero attached hydrogens (tertiary/aromatic N) is 4. The number of imidazole rings is 1. The van der Waals surface area contributed by atoms with Crippen LogP contribution in [0.1, 0.15) is 44.2 Å². The Morgan fingerprint density at radius 1 is 0.822 bits per heavy atom. The molecule has 4 atom stereocenters. The predicted molar refractivity (Wildman–Crippen MR) is 162 cm³/mol. The first kappa shape index (κ1) is 30.2. The molecule has 3 aromatic carbocycles. The summed E-state index contributed by atoms with van der Waals surface area (Å²) < 4.78 is 25.7. The van der Waals surface area contributed by atoms with Crippen LogP contribution >= 0.6 is 23.2 Å². The van der Waals surface area contributed by atoms with Gasteiger partial charge in [0.15, 0.2) is 28.7 Å². The summed E-state index contributed by atoms with van der Waals surface area (Å²) in [7, 11) is 0. The quantitative estimate of drug-likeness (QED) is 0.0891. The van der Waals surface area contributed by atoms with Crippen LogP contribution in [0.3, 0.4) is 0 Å². The average molecular weight is 647 g/mol. The number of benzene rings is 3. The van der Waals surface area contributed by atoms with Gasteiger partial charge < -0.3 is 18.9 Å². The summed E-state index contributed by atoms with van der Waals surface area (Å²) in [4.78, 5) is 52.4. The third kappa shape index (κ3) is 6.10. The number of carbonyl (C=O) groups is 3. The van der Waals surface area contributed by atoms with Crippen LogP contribution in [0.4, 0.5) is 0 Å². The van der Waals surface area contributed by atoms with Crippen LogP contribution in [0, 0.1) is 0 Å². The van der Waals surface area contributed by atoms with Gasteiger partial charge in [-0.05, 0) is 54.9 Å². The van der Waals surface area contributed by atoms with Gasteiger partial charge in [-0.15, -0.1) is 0 Å². The van der Waals surface area contributed by atoms with Gasteiger partial charge in [-0.3, -0.25) is 4.57 Å². The van der Waals surface area contributed by atoms with Crippen molar-refractivity contribution < 1.29 is 33.3 Å². The second kappa shape index (κ2) is 12.6. The zero-order chi connectivity index (χ0) is 31.6. The molecule has 2 aromatic heterocycles. The van der Waals surface area contributed by atoms with Crippen molar-refractivity contribution >= 4 is 52.3 Å². The van der Waals surface area contributed by atoms with E-state index < -0.39 is 41.9 Å². The fraction of sp³-hybridized carbons (Fsp3) is 0.188. The van der Waals surface area contributed by atoms with Crippen molar-refractivity contribution in [2.45, 2.75) is 31.0 Å². The SMILES string of the molecule is C[C@@]1(OC(=O)c2ccccc2)C(OC(=O)c2ccccc2)C(COC(=O)c2ccccc2)OC1n1cnc2c(Cl)nc(Cl)nc21. The Balaban J connectivity index is 1.43. The number of esters is 3. The molecule has 0 spiro atoms. The molecule has 1 aliphatic heterocycles. The van der Waals surface area contributed by atoms with Gasteiger partial charge in [0.25, 0.3) is 0 Å². The monoisotopic (exact) mass is 646 g/mol. The molecule has 0 saturated carbocycles. The van der Waals surface area contributed by atoms with Crippen molar-refractivity contribution in [2.24, 2.45) is 0 Å². The minimum absolute atomic E-state index is 0.00914. The second-order valence-corrected chi connectivity index (χ2v) is 10.9. The van der Waals surface area contributed by atoms with E-state index in [0.717, 1.165) is 0 Å². The fourth-order valence-corrected chi connectivity index (χ4v) is 5.51. The first-order chi connectivity index (χ1) is 21.7. The largest absolute Gasteiger partial charge is 0.459 e. The maximum Gasteiger partial charge on any atom is 0.338 e. The molecule has 45 heavy (non-hydrogen) atoms. The molecule has 1 saturated heterocycles. The summed E-state index contributed by atoms with van der Waals surface area (Å²) in [6.45, 7) is 1.19. The highest BCUT2D eigenvalue weighted by molar-refractivity contribution is 6.35. The number of hydrogen-bond donors (Lipinski definition) is 0. The Labute approximate surface area is 266 Å². The van der Waals surface area contributed by atoms with Crippen LogP contribution in [-0.2, 0) is 18.9 Å². The lowest BCUT2D eigenvalue weighted by molar-refractivity contribution is -0.108. The lowest BCUT2D eigenvalue weighted by Gasteiger charge is -2.34. The highest BCUT2D eigenvalue weighted by Crippen LogP contribution is 2.45. The van der Waals surface area contributed by atoms with Gasteiger partial charge in [0.1, 0.15) is 18.2 Å². The predicted octanol–water partition coefficient (Wildman–Crippen LogP) is 5.73. The summed E-state index contributed by atoms with van der Waals surface area (Å²) >= 11 is 12.4. The summed E-state index contributed by atoms with van der Waals surface area (Å²) in [6.07, 6.45) is -2.26. The van der Waals surface area contributed by atoms with Gasteiger partial charge in [-0.1, -0.05) is 66.2 Å². The maximum absolute atomic E-state index is 13.6. The Morgan fingerprint density at radius 2 is 1.38 bits per heavy atom. The van der Waals surface area contributed by atoms with Crippen LogP contribution in [0.5, 0.6) is 0 Å². The van der Waals surface area contributed by atoms with Crippen LogP contribution < -0.4 is 0 Å². The number of aromatic nitrogens is 4. The van der Waals surface area contributed by atoms with Crippen LogP contribution in [0.15, 0.2) is 97.3 Å². The van der Waals surface area contributed by atoms with E-state index in [2.05, 4.69) is 15.0 Å². The Hall–Kier alpha value is -4.84. The van der Waals surface area contributed by atoms with Crippen molar-refractivity contribution in [3.05, 3.63) is 124 Å². The molecule has 0 aliphatic carbocycles. The van der Waals surface area contributed by atoms with Crippen LogP contribution in [0.25, 0.3) is 11.2 Å². The highest BCUT2D eigenvalue weighted by atomic mass is 35.5. The van der Waals surface area contributed by atoms with E-state index >= 15 is 0 Å². The molecule has 0 radical (unpaired) electrons. The van der Waals surface area contributed by atoms with Crippen LogP contribution in [-0.4, -0.2) is 61.8 Å². The Morgan fingerprint density at radius 3 is 1.98 bits per heavy atom. The zero-order valence-electron chi connectivity index (χ0n) is 23.6. The molecule has 0 N–H and O–H groups in total. The number of ether oxygens (including phenoxy) is 4. The van der Waals surface area contributed by atoms with Crippen molar-refractivity contribution in [1.82, 2.24) is 19.5 Å². The third-order valence-electron chi connectivity index (χ3n) is 7.25. The highest BCUT2D eigenvalue weighted by Gasteiger charge is 2.60. The first-order valence-corrected chi connectivity index (χ1v) is 14.5. The number of hydrogen-bond acceptors (Lipinski definition) is 10. The first-order valence-electron chi connectivity index (χ1n) is 13.7. The number of carbonyl (C=O) groups excluding carboxylic acids is 3. The Bertz CT molecular complexity index is 1860. The Kier molecular flexibility index (Phi) is 8.48. The summed E-state index contributed by atoms with van der Waals surface area (Å²) in [5, 5.41) is -0.166. The molecule has 3 unspecified atom stereocenters. The van der Waals surface area contributed by atoms with E-state index in [9.17, 15) is 14.4 Å². The lowest BCUT2D eigenvalue weighted by atomic mass is 9.95. The molecule has 0 amide bonds.